The summed E-state index contributed by atoms with van der Waals surface area (Å²) in [4.78, 5) is 8.55. The average Bonchev–Trinajstić information content (AvgIpc) is 3.04. The third kappa shape index (κ3) is 3.77. The largest absolute Gasteiger partial charge is 0.339 e. The summed E-state index contributed by atoms with van der Waals surface area (Å²) in [5, 5.41) is 4.71. The van der Waals surface area contributed by atoms with Crippen molar-refractivity contribution in [1.29, 1.82) is 0 Å². The van der Waals surface area contributed by atoms with Crippen molar-refractivity contribution in [2.24, 2.45) is 0 Å². The van der Waals surface area contributed by atoms with E-state index in [0.29, 0.717) is 29.6 Å². The normalized spacial score (nSPS) is 10.2. The van der Waals surface area contributed by atoms with E-state index in [-0.39, 0.29) is 0 Å². The lowest BCUT2D eigenvalue weighted by atomic mass is 10.1. The summed E-state index contributed by atoms with van der Waals surface area (Å²) < 4.78 is 5.28. The van der Waals surface area contributed by atoms with Crippen LogP contribution >= 0.6 is 11.6 Å². The predicted octanol–water partition coefficient (Wildman–Crippen LogP) is 4.08. The van der Waals surface area contributed by atoms with Gasteiger partial charge < -0.3 is 4.52 Å². The molecule has 2 aromatic heterocycles. The maximum atomic E-state index is 6.12. The van der Waals surface area contributed by atoms with Crippen molar-refractivity contribution in [3.05, 3.63) is 64.8 Å². The second kappa shape index (κ2) is 7.08. The predicted molar refractivity (Wildman–Crippen MR) is 88.9 cm³/mol. The summed E-state index contributed by atoms with van der Waals surface area (Å²) in [5.74, 6) is 7.18. The second-order valence-corrected chi connectivity index (χ2v) is 5.35. The summed E-state index contributed by atoms with van der Waals surface area (Å²) in [6.45, 7) is 1.94. The van der Waals surface area contributed by atoms with Gasteiger partial charge in [-0.25, -0.2) is 4.98 Å². The van der Waals surface area contributed by atoms with Gasteiger partial charge in [-0.15, -0.1) is 0 Å². The van der Waals surface area contributed by atoms with Crippen molar-refractivity contribution in [3.63, 3.8) is 0 Å². The molecular formula is C18H14ClN3O. The molecule has 0 saturated carbocycles. The highest BCUT2D eigenvalue weighted by Gasteiger charge is 2.11. The number of hydrogen-bond acceptors (Lipinski definition) is 4. The van der Waals surface area contributed by atoms with E-state index in [9.17, 15) is 0 Å². The highest BCUT2D eigenvalue weighted by molar-refractivity contribution is 6.31. The van der Waals surface area contributed by atoms with Crippen LogP contribution in [0.3, 0.4) is 0 Å². The Balaban J connectivity index is 1.66. The smallest absolute Gasteiger partial charge is 0.227 e. The van der Waals surface area contributed by atoms with Gasteiger partial charge in [0.05, 0.1) is 0 Å². The number of aryl methyl sites for hydroxylation is 1. The first-order chi connectivity index (χ1) is 11.2. The van der Waals surface area contributed by atoms with Gasteiger partial charge in [0.2, 0.25) is 11.7 Å². The Kier molecular flexibility index (Phi) is 4.70. The van der Waals surface area contributed by atoms with Gasteiger partial charge in [0.15, 0.2) is 0 Å². The fourth-order valence-electron chi connectivity index (χ4n) is 2.07. The molecule has 3 rings (SSSR count). The lowest BCUT2D eigenvalue weighted by molar-refractivity contribution is 0.380. The van der Waals surface area contributed by atoms with E-state index in [4.69, 9.17) is 16.1 Å². The summed E-state index contributed by atoms with van der Waals surface area (Å²) in [6.07, 6.45) is 2.96. The minimum absolute atomic E-state index is 0.553. The van der Waals surface area contributed by atoms with Crippen LogP contribution in [0, 0.1) is 18.8 Å². The fourth-order valence-corrected chi connectivity index (χ4v) is 2.25. The van der Waals surface area contributed by atoms with E-state index < -0.39 is 0 Å². The third-order valence-corrected chi connectivity index (χ3v) is 3.73. The van der Waals surface area contributed by atoms with Crippen LogP contribution in [-0.2, 0) is 6.42 Å². The van der Waals surface area contributed by atoms with E-state index in [2.05, 4.69) is 27.0 Å². The number of aromatic nitrogens is 3. The molecule has 5 heteroatoms. The van der Waals surface area contributed by atoms with Gasteiger partial charge in [0, 0.05) is 29.6 Å². The van der Waals surface area contributed by atoms with Crippen molar-refractivity contribution in [2.75, 3.05) is 0 Å². The van der Waals surface area contributed by atoms with E-state index in [0.717, 1.165) is 16.8 Å². The minimum atomic E-state index is 0.553. The first kappa shape index (κ1) is 15.3. The van der Waals surface area contributed by atoms with Gasteiger partial charge in [-0.3, -0.25) is 0 Å². The number of pyridine rings is 1. The molecule has 1 aromatic carbocycles. The Morgan fingerprint density at radius 3 is 2.91 bits per heavy atom. The molecule has 0 spiro atoms. The second-order valence-electron chi connectivity index (χ2n) is 4.94. The minimum Gasteiger partial charge on any atom is -0.339 e. The molecule has 0 saturated heterocycles. The van der Waals surface area contributed by atoms with Crippen molar-refractivity contribution in [1.82, 2.24) is 15.1 Å². The Labute approximate surface area is 139 Å². The van der Waals surface area contributed by atoms with Crippen molar-refractivity contribution in [3.8, 4) is 23.2 Å². The fraction of sp³-hybridized carbons (Fsp3) is 0.167. The number of nitrogens with zero attached hydrogens (tertiary/aromatic N) is 3. The topological polar surface area (TPSA) is 51.8 Å². The zero-order valence-electron chi connectivity index (χ0n) is 12.6. The molecule has 0 aliphatic heterocycles. The van der Waals surface area contributed by atoms with Crippen LogP contribution < -0.4 is 0 Å². The van der Waals surface area contributed by atoms with Gasteiger partial charge >= 0.3 is 0 Å². The Morgan fingerprint density at radius 2 is 2.09 bits per heavy atom. The zero-order valence-corrected chi connectivity index (χ0v) is 13.3. The Bertz CT molecular complexity index is 863. The van der Waals surface area contributed by atoms with E-state index >= 15 is 0 Å². The summed E-state index contributed by atoms with van der Waals surface area (Å²) in [5.41, 5.74) is 2.58. The standard InChI is InChI=1S/C18H14ClN3O/c1-13-15(9-6-10-16(13)19)18-21-17(23-22-18)11-3-2-7-14-8-4-5-12-20-14/h4-6,8-10,12H,3,11H2,1H3. The van der Waals surface area contributed by atoms with Crippen LogP contribution in [0.15, 0.2) is 47.1 Å². The van der Waals surface area contributed by atoms with Crippen molar-refractivity contribution < 1.29 is 4.52 Å². The molecule has 0 atom stereocenters. The molecule has 3 aromatic rings. The first-order valence-electron chi connectivity index (χ1n) is 7.22. The molecule has 23 heavy (non-hydrogen) atoms. The molecule has 4 nitrogen and oxygen atoms in total. The van der Waals surface area contributed by atoms with Gasteiger partial charge in [-0.05, 0) is 36.6 Å². The van der Waals surface area contributed by atoms with Gasteiger partial charge in [-0.1, -0.05) is 40.9 Å². The van der Waals surface area contributed by atoms with Gasteiger partial charge in [-0.2, -0.15) is 4.98 Å². The monoisotopic (exact) mass is 323 g/mol. The molecular weight excluding hydrogens is 310 g/mol. The molecule has 0 fully saturated rings. The number of halogens is 1. The lowest BCUT2D eigenvalue weighted by Crippen LogP contribution is -1.88. The molecule has 0 N–H and O–H groups in total. The molecule has 0 aliphatic rings. The van der Waals surface area contributed by atoms with Gasteiger partial charge in [0.25, 0.3) is 0 Å². The van der Waals surface area contributed by atoms with Crippen LogP contribution in [0.2, 0.25) is 5.02 Å². The summed E-state index contributed by atoms with van der Waals surface area (Å²) >= 11 is 6.12. The molecule has 0 amide bonds. The van der Waals surface area contributed by atoms with Crippen molar-refractivity contribution >= 4 is 11.6 Å². The molecule has 114 valence electrons. The van der Waals surface area contributed by atoms with Gasteiger partial charge in [0.1, 0.15) is 5.69 Å². The lowest BCUT2D eigenvalue weighted by Gasteiger charge is -2.01. The summed E-state index contributed by atoms with van der Waals surface area (Å²) in [6, 6.07) is 11.3. The first-order valence-corrected chi connectivity index (χ1v) is 7.60. The molecule has 2 heterocycles. The van der Waals surface area contributed by atoms with Crippen molar-refractivity contribution in [2.45, 2.75) is 19.8 Å². The number of rotatable bonds is 3. The third-order valence-electron chi connectivity index (χ3n) is 3.32. The Morgan fingerprint density at radius 1 is 1.17 bits per heavy atom. The SMILES string of the molecule is Cc1c(Cl)cccc1-c1noc(CCC#Cc2ccccn2)n1. The maximum absolute atomic E-state index is 6.12. The number of hydrogen-bond donors (Lipinski definition) is 0. The molecule has 0 bridgehead atoms. The molecule has 0 unspecified atom stereocenters. The Hall–Kier alpha value is -2.64. The quantitative estimate of drug-likeness (QED) is 0.681. The van der Waals surface area contributed by atoms with Crippen LogP contribution in [-0.4, -0.2) is 15.1 Å². The number of benzene rings is 1. The highest BCUT2D eigenvalue weighted by atomic mass is 35.5. The summed E-state index contributed by atoms with van der Waals surface area (Å²) in [7, 11) is 0. The zero-order chi connectivity index (χ0) is 16.1. The molecule has 0 aliphatic carbocycles. The van der Waals surface area contributed by atoms with E-state index in [1.165, 1.54) is 0 Å². The van der Waals surface area contributed by atoms with Crippen LogP contribution in [0.25, 0.3) is 11.4 Å². The van der Waals surface area contributed by atoms with Crippen LogP contribution in [0.5, 0.6) is 0 Å². The van der Waals surface area contributed by atoms with Crippen LogP contribution in [0.4, 0.5) is 0 Å². The average molecular weight is 324 g/mol. The maximum Gasteiger partial charge on any atom is 0.227 e. The van der Waals surface area contributed by atoms with Crippen LogP contribution in [0.1, 0.15) is 23.6 Å². The van der Waals surface area contributed by atoms with E-state index in [1.54, 1.807) is 6.20 Å². The highest BCUT2D eigenvalue weighted by Crippen LogP contribution is 2.26. The van der Waals surface area contributed by atoms with E-state index in [1.807, 2.05) is 43.3 Å². The molecule has 0 radical (unpaired) electrons.